The summed E-state index contributed by atoms with van der Waals surface area (Å²) >= 11 is 0. The quantitative estimate of drug-likeness (QED) is 0.495. The minimum atomic E-state index is -0.0156. The molecule has 1 saturated carbocycles. The predicted molar refractivity (Wildman–Crippen MR) is 40.7 cm³/mol. The van der Waals surface area contributed by atoms with E-state index in [9.17, 15) is 4.79 Å². The number of rotatable bonds is 0. The van der Waals surface area contributed by atoms with Gasteiger partial charge in [0.15, 0.2) is 0 Å². The third-order valence-corrected chi connectivity index (χ3v) is 2.76. The highest BCUT2D eigenvalue weighted by atomic mass is 16.5. The van der Waals surface area contributed by atoms with Gasteiger partial charge in [-0.1, -0.05) is 6.42 Å². The van der Waals surface area contributed by atoms with Gasteiger partial charge in [-0.05, 0) is 31.3 Å². The summed E-state index contributed by atoms with van der Waals surface area (Å²) in [7, 11) is 0. The molecule has 0 amide bonds. The molecule has 2 nitrogen and oxygen atoms in total. The molecule has 1 aliphatic carbocycles. The largest absolute Gasteiger partial charge is 0.434 e. The van der Waals surface area contributed by atoms with Crippen molar-refractivity contribution in [2.24, 2.45) is 11.8 Å². The summed E-state index contributed by atoms with van der Waals surface area (Å²) in [4.78, 5) is 11.2. The molecule has 0 saturated heterocycles. The van der Waals surface area contributed by atoms with Crippen molar-refractivity contribution >= 4 is 5.97 Å². The second-order valence-corrected chi connectivity index (χ2v) is 3.44. The molecule has 2 aliphatic rings. The Morgan fingerprint density at radius 3 is 2.91 bits per heavy atom. The number of hydrogen-bond donors (Lipinski definition) is 0. The number of carbonyl (C=O) groups excluding carboxylic acids is 1. The first-order chi connectivity index (χ1) is 5.29. The number of esters is 1. The smallest absolute Gasteiger partial charge is 0.314 e. The normalized spacial score (nSPS) is 36.1. The number of ether oxygens (including phenoxy) is 1. The molecule has 2 heteroatoms. The monoisotopic (exact) mass is 152 g/mol. The highest BCUT2D eigenvalue weighted by Gasteiger charge is 2.37. The predicted octanol–water partition coefficient (Wildman–Crippen LogP) is 1.86. The number of hydrogen-bond acceptors (Lipinski definition) is 2. The molecule has 0 aromatic rings. The molecule has 0 radical (unpaired) electrons. The van der Waals surface area contributed by atoms with Gasteiger partial charge in [-0.3, -0.25) is 4.79 Å². The maximum Gasteiger partial charge on any atom is 0.314 e. The Labute approximate surface area is 66.2 Å². The third-order valence-electron chi connectivity index (χ3n) is 2.76. The Bertz CT molecular complexity index is 218. The van der Waals surface area contributed by atoms with Gasteiger partial charge in [0.1, 0.15) is 0 Å². The van der Waals surface area contributed by atoms with Crippen molar-refractivity contribution in [3.05, 3.63) is 11.8 Å². The molecule has 0 bridgehead atoms. The minimum absolute atomic E-state index is 0.0156. The summed E-state index contributed by atoms with van der Waals surface area (Å²) in [6.45, 7) is 2.05. The summed E-state index contributed by atoms with van der Waals surface area (Å²) in [6.07, 6.45) is 4.99. The van der Waals surface area contributed by atoms with Crippen LogP contribution in [0, 0.1) is 11.8 Å². The van der Waals surface area contributed by atoms with Crippen LogP contribution in [0.25, 0.3) is 0 Å². The molecular weight excluding hydrogens is 140 g/mol. The van der Waals surface area contributed by atoms with Crippen molar-refractivity contribution in [2.45, 2.75) is 26.2 Å². The number of allylic oxidation sites excluding steroid dienone is 1. The zero-order valence-electron chi connectivity index (χ0n) is 6.67. The van der Waals surface area contributed by atoms with Crippen molar-refractivity contribution in [1.82, 2.24) is 0 Å². The number of carbonyl (C=O) groups is 1. The zero-order chi connectivity index (χ0) is 7.84. The SMILES string of the molecule is CC1=COC(=O)C2CCC[C@H]12. The molecule has 1 heterocycles. The first-order valence-corrected chi connectivity index (χ1v) is 4.16. The maximum absolute atomic E-state index is 11.2. The van der Waals surface area contributed by atoms with Crippen LogP contribution in [-0.4, -0.2) is 5.97 Å². The van der Waals surface area contributed by atoms with E-state index in [0.717, 1.165) is 6.42 Å². The van der Waals surface area contributed by atoms with E-state index < -0.39 is 0 Å². The van der Waals surface area contributed by atoms with E-state index in [1.54, 1.807) is 6.26 Å². The minimum Gasteiger partial charge on any atom is -0.434 e. The standard InChI is InChI=1S/C9H12O2/c1-6-5-11-9(10)8-4-2-3-7(6)8/h5,7-8H,2-4H2,1H3/t7-,8?/m1/s1. The lowest BCUT2D eigenvalue weighted by Gasteiger charge is -2.22. The van der Waals surface area contributed by atoms with Gasteiger partial charge in [0, 0.05) is 0 Å². The lowest BCUT2D eigenvalue weighted by Crippen LogP contribution is -2.24. The van der Waals surface area contributed by atoms with Crippen LogP contribution >= 0.6 is 0 Å². The maximum atomic E-state index is 11.2. The molecule has 0 aromatic carbocycles. The van der Waals surface area contributed by atoms with Crippen LogP contribution in [0.1, 0.15) is 26.2 Å². The molecular formula is C9H12O2. The molecule has 2 rings (SSSR count). The molecule has 11 heavy (non-hydrogen) atoms. The van der Waals surface area contributed by atoms with E-state index in [2.05, 4.69) is 6.92 Å². The second kappa shape index (κ2) is 2.36. The van der Waals surface area contributed by atoms with E-state index in [4.69, 9.17) is 4.74 Å². The fraction of sp³-hybridized carbons (Fsp3) is 0.667. The van der Waals surface area contributed by atoms with Gasteiger partial charge in [0.05, 0.1) is 12.2 Å². The summed E-state index contributed by atoms with van der Waals surface area (Å²) < 4.78 is 4.90. The van der Waals surface area contributed by atoms with Crippen molar-refractivity contribution in [1.29, 1.82) is 0 Å². The lowest BCUT2D eigenvalue weighted by atomic mass is 9.89. The Kier molecular flexibility index (Phi) is 1.48. The summed E-state index contributed by atoms with van der Waals surface area (Å²) in [5.41, 5.74) is 1.24. The molecule has 0 aromatic heterocycles. The molecule has 60 valence electrons. The zero-order valence-corrected chi connectivity index (χ0v) is 6.67. The fourth-order valence-corrected chi connectivity index (χ4v) is 2.11. The second-order valence-electron chi connectivity index (χ2n) is 3.44. The number of fused-ring (bicyclic) bond motifs is 1. The first-order valence-electron chi connectivity index (χ1n) is 4.16. The molecule has 2 atom stereocenters. The first kappa shape index (κ1) is 6.89. The summed E-state index contributed by atoms with van der Waals surface area (Å²) in [6, 6.07) is 0. The van der Waals surface area contributed by atoms with Gasteiger partial charge in [-0.2, -0.15) is 0 Å². The highest BCUT2D eigenvalue weighted by Crippen LogP contribution is 2.39. The highest BCUT2D eigenvalue weighted by molar-refractivity contribution is 5.75. The average Bonchev–Trinajstić information content (AvgIpc) is 2.45. The lowest BCUT2D eigenvalue weighted by molar-refractivity contribution is -0.145. The Hall–Kier alpha value is -0.790. The van der Waals surface area contributed by atoms with E-state index in [1.807, 2.05) is 0 Å². The van der Waals surface area contributed by atoms with Gasteiger partial charge in [-0.15, -0.1) is 0 Å². The van der Waals surface area contributed by atoms with Crippen molar-refractivity contribution in [3.63, 3.8) is 0 Å². The van der Waals surface area contributed by atoms with Crippen molar-refractivity contribution in [2.75, 3.05) is 0 Å². The van der Waals surface area contributed by atoms with Crippen LogP contribution in [0.5, 0.6) is 0 Å². The van der Waals surface area contributed by atoms with E-state index in [-0.39, 0.29) is 11.9 Å². The van der Waals surface area contributed by atoms with Gasteiger partial charge in [0.25, 0.3) is 0 Å². The fourth-order valence-electron chi connectivity index (χ4n) is 2.11. The van der Waals surface area contributed by atoms with E-state index >= 15 is 0 Å². The molecule has 0 spiro atoms. The van der Waals surface area contributed by atoms with Gasteiger partial charge < -0.3 is 4.74 Å². The van der Waals surface area contributed by atoms with Crippen LogP contribution in [-0.2, 0) is 9.53 Å². The van der Waals surface area contributed by atoms with Gasteiger partial charge in [-0.25, -0.2) is 0 Å². The van der Waals surface area contributed by atoms with Crippen molar-refractivity contribution in [3.8, 4) is 0 Å². The summed E-state index contributed by atoms with van der Waals surface area (Å²) in [5, 5.41) is 0. The number of cyclic esters (lactones) is 1. The van der Waals surface area contributed by atoms with Gasteiger partial charge in [0.2, 0.25) is 0 Å². The average molecular weight is 152 g/mol. The van der Waals surface area contributed by atoms with Crippen LogP contribution in [0.3, 0.4) is 0 Å². The topological polar surface area (TPSA) is 26.3 Å². The van der Waals surface area contributed by atoms with E-state index in [1.165, 1.54) is 18.4 Å². The molecule has 1 aliphatic heterocycles. The van der Waals surface area contributed by atoms with Crippen molar-refractivity contribution < 1.29 is 9.53 Å². The van der Waals surface area contributed by atoms with Crippen LogP contribution in [0.4, 0.5) is 0 Å². The Morgan fingerprint density at radius 1 is 1.45 bits per heavy atom. The van der Waals surface area contributed by atoms with Crippen LogP contribution in [0.15, 0.2) is 11.8 Å². The third kappa shape index (κ3) is 0.971. The van der Waals surface area contributed by atoms with Gasteiger partial charge >= 0.3 is 5.97 Å². The van der Waals surface area contributed by atoms with Crippen LogP contribution in [0.2, 0.25) is 0 Å². The molecule has 1 unspecified atom stereocenters. The Morgan fingerprint density at radius 2 is 2.18 bits per heavy atom. The summed E-state index contributed by atoms with van der Waals surface area (Å²) in [5.74, 6) is 0.661. The van der Waals surface area contributed by atoms with E-state index in [0.29, 0.717) is 5.92 Å². The van der Waals surface area contributed by atoms with Crippen LogP contribution < -0.4 is 0 Å². The molecule has 0 N–H and O–H groups in total. The Balaban J connectivity index is 2.27. The molecule has 1 fully saturated rings.